The van der Waals surface area contributed by atoms with Crippen LogP contribution in [0, 0.1) is 0 Å². The Morgan fingerprint density at radius 3 is 1.23 bits per heavy atom. The van der Waals surface area contributed by atoms with Crippen molar-refractivity contribution in [1.82, 2.24) is 0 Å². The first-order valence-corrected chi connectivity index (χ1v) is 14.0. The number of rotatable bonds is 22. The molecule has 30 heavy (non-hydrogen) atoms. The third kappa shape index (κ3) is 20.8. The summed E-state index contributed by atoms with van der Waals surface area (Å²) < 4.78 is 34.7. The molecular formula is C24H49NaO4S. The maximum Gasteiger partial charge on any atom is 1.00 e. The molecular weight excluding hydrogens is 407 g/mol. The van der Waals surface area contributed by atoms with Gasteiger partial charge in [-0.2, -0.15) is 0 Å². The van der Waals surface area contributed by atoms with E-state index >= 15 is 0 Å². The predicted octanol–water partition coefficient (Wildman–Crippen LogP) is 4.11. The average Bonchev–Trinajstić information content (AvgIpc) is 2.67. The fourth-order valence-electron chi connectivity index (χ4n) is 4.04. The molecule has 6 heteroatoms. The van der Waals surface area contributed by atoms with E-state index in [0.29, 0.717) is 12.8 Å². The first-order chi connectivity index (χ1) is 13.9. The maximum atomic E-state index is 11.6. The van der Waals surface area contributed by atoms with Crippen molar-refractivity contribution >= 4 is 10.1 Å². The summed E-state index contributed by atoms with van der Waals surface area (Å²) in [6.07, 6.45) is 20.7. The molecule has 0 radical (unpaired) electrons. The second-order valence-electron chi connectivity index (χ2n) is 8.83. The van der Waals surface area contributed by atoms with Crippen molar-refractivity contribution < 1.29 is 47.6 Å². The number of unbranched alkanes of at least 4 members (excludes halogenated alkanes) is 16. The van der Waals surface area contributed by atoms with E-state index in [1.54, 1.807) is 0 Å². The molecule has 0 amide bonds. The molecule has 2 unspecified atom stereocenters. The van der Waals surface area contributed by atoms with Crippen molar-refractivity contribution in [2.24, 2.45) is 0 Å². The molecule has 2 atom stereocenters. The van der Waals surface area contributed by atoms with Gasteiger partial charge < -0.3 is 9.66 Å². The van der Waals surface area contributed by atoms with E-state index in [1.807, 2.05) is 0 Å². The maximum absolute atomic E-state index is 11.6. The zero-order chi connectivity index (χ0) is 21.8. The second-order valence-corrected chi connectivity index (χ2v) is 10.4. The quantitative estimate of drug-likeness (QED) is 0.151. The molecule has 0 saturated carbocycles. The summed E-state index contributed by atoms with van der Waals surface area (Å²) in [5.41, 5.74) is 0. The Balaban J connectivity index is 0. The van der Waals surface area contributed by atoms with E-state index in [4.69, 9.17) is 0 Å². The van der Waals surface area contributed by atoms with Crippen LogP contribution in [0.4, 0.5) is 0 Å². The monoisotopic (exact) mass is 456 g/mol. The zero-order valence-electron chi connectivity index (χ0n) is 20.4. The van der Waals surface area contributed by atoms with Gasteiger partial charge in [-0.3, -0.25) is 0 Å². The van der Waals surface area contributed by atoms with Crippen LogP contribution in [0.1, 0.15) is 142 Å². The summed E-state index contributed by atoms with van der Waals surface area (Å²) in [5.74, 6) is 0. The van der Waals surface area contributed by atoms with E-state index in [-0.39, 0.29) is 29.6 Å². The summed E-state index contributed by atoms with van der Waals surface area (Å²) in [5, 5.41) is 9.16. The van der Waals surface area contributed by atoms with Crippen molar-refractivity contribution in [2.45, 2.75) is 154 Å². The molecule has 0 aromatic heterocycles. The Hall–Kier alpha value is 0.870. The second kappa shape index (κ2) is 23.0. The van der Waals surface area contributed by atoms with Crippen LogP contribution >= 0.6 is 0 Å². The standard InChI is InChI=1S/C24H50O4S.Na/c1-3-5-7-9-11-13-14-15-17-19-21-23(25)24(29(26,27)28)22-20-18-16-12-10-8-6-4-2;/h23-25H,3-22H2,1-2H3,(H,26,27,28);/q;+1/p-1. The first-order valence-electron chi connectivity index (χ1n) is 12.6. The number of hydrogen-bond acceptors (Lipinski definition) is 4. The summed E-state index contributed by atoms with van der Waals surface area (Å²) in [4.78, 5) is 0. The summed E-state index contributed by atoms with van der Waals surface area (Å²) >= 11 is 0. The molecule has 0 bridgehead atoms. The normalized spacial score (nSPS) is 13.7. The van der Waals surface area contributed by atoms with Crippen LogP contribution < -0.4 is 29.6 Å². The third-order valence-electron chi connectivity index (χ3n) is 6.00. The van der Waals surface area contributed by atoms with Crippen LogP contribution in [0.5, 0.6) is 0 Å². The fourth-order valence-corrected chi connectivity index (χ4v) is 5.01. The molecule has 0 spiro atoms. The Bertz CT molecular complexity index is 442. The SMILES string of the molecule is CCCCCCCCCCCCC(O)C(CCCCCCCCCC)S(=O)(=O)[O-].[Na+]. The molecule has 0 aromatic carbocycles. The van der Waals surface area contributed by atoms with Crippen LogP contribution in [0.15, 0.2) is 0 Å². The van der Waals surface area contributed by atoms with Crippen LogP contribution in [0.25, 0.3) is 0 Å². The van der Waals surface area contributed by atoms with Crippen molar-refractivity contribution in [2.75, 3.05) is 0 Å². The van der Waals surface area contributed by atoms with Crippen molar-refractivity contribution in [1.29, 1.82) is 0 Å². The van der Waals surface area contributed by atoms with Crippen molar-refractivity contribution in [3.8, 4) is 0 Å². The Kier molecular flexibility index (Phi) is 25.4. The van der Waals surface area contributed by atoms with Gasteiger partial charge in [-0.25, -0.2) is 8.42 Å². The van der Waals surface area contributed by atoms with Crippen LogP contribution in [0.3, 0.4) is 0 Å². The van der Waals surface area contributed by atoms with Gasteiger partial charge >= 0.3 is 29.6 Å². The minimum atomic E-state index is -4.43. The fraction of sp³-hybridized carbons (Fsp3) is 1.00. The molecule has 0 heterocycles. The molecule has 0 aliphatic rings. The van der Waals surface area contributed by atoms with Crippen molar-refractivity contribution in [3.63, 3.8) is 0 Å². The van der Waals surface area contributed by atoms with E-state index in [0.717, 1.165) is 38.5 Å². The minimum Gasteiger partial charge on any atom is -0.748 e. The van der Waals surface area contributed by atoms with Gasteiger partial charge in [-0.05, 0) is 12.8 Å². The minimum absolute atomic E-state index is 0. The molecule has 0 fully saturated rings. The van der Waals surface area contributed by atoms with E-state index in [9.17, 15) is 18.1 Å². The first kappa shape index (κ1) is 33.0. The number of aliphatic hydroxyl groups excluding tert-OH is 1. The molecule has 0 aromatic rings. The molecule has 0 rings (SSSR count). The van der Waals surface area contributed by atoms with Gasteiger partial charge in [0, 0.05) is 0 Å². The van der Waals surface area contributed by atoms with Gasteiger partial charge in [0.25, 0.3) is 0 Å². The molecule has 0 aliphatic carbocycles. The topological polar surface area (TPSA) is 77.4 Å². The van der Waals surface area contributed by atoms with E-state index in [1.165, 1.54) is 77.0 Å². The summed E-state index contributed by atoms with van der Waals surface area (Å²) in [7, 11) is -4.43. The van der Waals surface area contributed by atoms with Gasteiger partial charge in [-0.15, -0.1) is 0 Å². The van der Waals surface area contributed by atoms with Crippen LogP contribution in [-0.4, -0.2) is 29.4 Å². The Labute approximate surface area is 210 Å². The largest absolute Gasteiger partial charge is 1.00 e. The third-order valence-corrected chi connectivity index (χ3v) is 7.29. The van der Waals surface area contributed by atoms with Gasteiger partial charge in [0.05, 0.1) is 11.4 Å². The molecule has 0 saturated heterocycles. The van der Waals surface area contributed by atoms with E-state index < -0.39 is 21.5 Å². The average molecular weight is 457 g/mol. The zero-order valence-corrected chi connectivity index (χ0v) is 23.2. The number of aliphatic hydroxyl groups is 1. The van der Waals surface area contributed by atoms with E-state index in [2.05, 4.69) is 13.8 Å². The molecule has 0 aliphatic heterocycles. The predicted molar refractivity (Wildman–Crippen MR) is 123 cm³/mol. The van der Waals surface area contributed by atoms with Gasteiger partial charge in [0.1, 0.15) is 10.1 Å². The molecule has 4 nitrogen and oxygen atoms in total. The molecule has 176 valence electrons. The van der Waals surface area contributed by atoms with Gasteiger partial charge in [0.2, 0.25) is 0 Å². The van der Waals surface area contributed by atoms with Gasteiger partial charge in [-0.1, -0.05) is 129 Å². The smallest absolute Gasteiger partial charge is 0.748 e. The van der Waals surface area contributed by atoms with Crippen LogP contribution in [-0.2, 0) is 10.1 Å². The van der Waals surface area contributed by atoms with Crippen molar-refractivity contribution in [3.05, 3.63) is 0 Å². The Morgan fingerprint density at radius 1 is 0.600 bits per heavy atom. The Morgan fingerprint density at radius 2 is 0.900 bits per heavy atom. The van der Waals surface area contributed by atoms with Gasteiger partial charge in [0.15, 0.2) is 0 Å². The molecule has 1 N–H and O–H groups in total. The summed E-state index contributed by atoms with van der Waals surface area (Å²) in [6, 6.07) is 0. The van der Waals surface area contributed by atoms with Crippen LogP contribution in [0.2, 0.25) is 0 Å². The summed E-state index contributed by atoms with van der Waals surface area (Å²) in [6.45, 7) is 4.43. The number of hydrogen-bond donors (Lipinski definition) is 1.